The molecule has 0 unspecified atom stereocenters. The average molecular weight is 382 g/mol. The van der Waals surface area contributed by atoms with Gasteiger partial charge in [0.15, 0.2) is 0 Å². The Morgan fingerprint density at radius 2 is 1.88 bits per heavy atom. The third-order valence-corrected chi connectivity index (χ3v) is 5.58. The summed E-state index contributed by atoms with van der Waals surface area (Å²) in [6, 6.07) is 6.58. The van der Waals surface area contributed by atoms with Crippen molar-refractivity contribution in [2.24, 2.45) is 5.92 Å². The number of piperidine rings is 1. The van der Waals surface area contributed by atoms with E-state index in [1.807, 2.05) is 0 Å². The lowest BCUT2D eigenvalue weighted by atomic mass is 9.96. The zero-order chi connectivity index (χ0) is 18.9. The molecule has 0 aliphatic carbocycles. The number of thioether (sulfide) groups is 1. The number of carbonyl (C=O) groups is 2. The molecule has 0 bridgehead atoms. The third kappa shape index (κ3) is 6.52. The van der Waals surface area contributed by atoms with E-state index in [1.54, 1.807) is 47.8 Å². The molecule has 144 valence electrons. The van der Waals surface area contributed by atoms with Crippen molar-refractivity contribution in [2.45, 2.75) is 25.0 Å². The van der Waals surface area contributed by atoms with Gasteiger partial charge in [0.2, 0.25) is 5.91 Å². The van der Waals surface area contributed by atoms with E-state index in [4.69, 9.17) is 0 Å². The molecule has 1 aliphatic rings. The minimum absolute atomic E-state index is 0.00748. The number of likely N-dealkylation sites (tertiary alicyclic amines) is 1. The van der Waals surface area contributed by atoms with Crippen LogP contribution in [0.4, 0.5) is 9.18 Å². The summed E-state index contributed by atoms with van der Waals surface area (Å²) < 4.78 is 12.8. The van der Waals surface area contributed by atoms with E-state index >= 15 is 0 Å². The van der Waals surface area contributed by atoms with Crippen LogP contribution in [0.1, 0.15) is 24.8 Å². The average Bonchev–Trinajstić information content (AvgIpc) is 2.65. The number of halogens is 1. The fourth-order valence-electron chi connectivity index (χ4n) is 2.92. The number of nitrogens with one attached hydrogen (secondary N) is 1. The van der Waals surface area contributed by atoms with Gasteiger partial charge in [0.1, 0.15) is 5.82 Å². The van der Waals surface area contributed by atoms with Gasteiger partial charge in [-0.25, -0.2) is 9.18 Å². The number of amides is 3. The Morgan fingerprint density at radius 1 is 1.23 bits per heavy atom. The van der Waals surface area contributed by atoms with Crippen molar-refractivity contribution in [1.82, 2.24) is 15.1 Å². The zero-order valence-electron chi connectivity index (χ0n) is 15.5. The van der Waals surface area contributed by atoms with Gasteiger partial charge in [-0.2, -0.15) is 11.8 Å². The third-order valence-electron chi connectivity index (χ3n) is 4.47. The number of benzene rings is 1. The molecule has 5 nitrogen and oxygen atoms in total. The summed E-state index contributed by atoms with van der Waals surface area (Å²) in [5.74, 6) is 1.71. The Balaban J connectivity index is 1.55. The van der Waals surface area contributed by atoms with Crippen LogP contribution >= 0.6 is 11.8 Å². The van der Waals surface area contributed by atoms with Gasteiger partial charge in [-0.3, -0.25) is 4.79 Å². The highest BCUT2D eigenvalue weighted by molar-refractivity contribution is 7.98. The molecule has 1 saturated heterocycles. The zero-order valence-corrected chi connectivity index (χ0v) is 16.4. The van der Waals surface area contributed by atoms with Crippen molar-refractivity contribution >= 4 is 23.7 Å². The van der Waals surface area contributed by atoms with Crippen LogP contribution in [0.2, 0.25) is 0 Å². The lowest BCUT2D eigenvalue weighted by molar-refractivity contribution is -0.126. The fourth-order valence-corrected chi connectivity index (χ4v) is 3.84. The van der Waals surface area contributed by atoms with E-state index < -0.39 is 0 Å². The second kappa shape index (κ2) is 10.4. The van der Waals surface area contributed by atoms with Gasteiger partial charge < -0.3 is 15.1 Å². The van der Waals surface area contributed by atoms with Crippen LogP contribution in [0.25, 0.3) is 0 Å². The molecule has 0 aromatic heterocycles. The second-order valence-corrected chi connectivity index (χ2v) is 7.87. The summed E-state index contributed by atoms with van der Waals surface area (Å²) in [6.45, 7) is 1.96. The Hall–Kier alpha value is -1.76. The van der Waals surface area contributed by atoms with Crippen LogP contribution in [-0.4, -0.2) is 61.2 Å². The Bertz CT molecular complexity index is 587. The SMILES string of the molecule is CN(C)C(=O)N1CCC(C(=O)NCCCSCc2ccc(F)cc2)CC1. The quantitative estimate of drug-likeness (QED) is 0.739. The summed E-state index contributed by atoms with van der Waals surface area (Å²) >= 11 is 1.78. The Morgan fingerprint density at radius 3 is 2.50 bits per heavy atom. The van der Waals surface area contributed by atoms with Crippen LogP contribution < -0.4 is 5.32 Å². The maximum Gasteiger partial charge on any atom is 0.319 e. The predicted octanol–water partition coefficient (Wildman–Crippen LogP) is 2.96. The van der Waals surface area contributed by atoms with Crippen LogP contribution in [-0.2, 0) is 10.5 Å². The molecule has 0 spiro atoms. The summed E-state index contributed by atoms with van der Waals surface area (Å²) in [7, 11) is 3.49. The molecular weight excluding hydrogens is 353 g/mol. The highest BCUT2D eigenvalue weighted by Gasteiger charge is 2.27. The summed E-state index contributed by atoms with van der Waals surface area (Å²) in [5.41, 5.74) is 1.11. The van der Waals surface area contributed by atoms with Crippen molar-refractivity contribution in [3.8, 4) is 0 Å². The molecule has 1 fully saturated rings. The largest absolute Gasteiger partial charge is 0.356 e. The molecule has 0 radical (unpaired) electrons. The first-order valence-corrected chi connectivity index (χ1v) is 10.2. The van der Waals surface area contributed by atoms with Gasteiger partial charge in [-0.05, 0) is 42.7 Å². The minimum Gasteiger partial charge on any atom is -0.356 e. The van der Waals surface area contributed by atoms with Gasteiger partial charge in [0.05, 0.1) is 0 Å². The first kappa shape index (κ1) is 20.6. The molecule has 3 amide bonds. The molecule has 1 N–H and O–H groups in total. The lowest BCUT2D eigenvalue weighted by Crippen LogP contribution is -2.46. The first-order chi connectivity index (χ1) is 12.5. The molecule has 1 aliphatic heterocycles. The van der Waals surface area contributed by atoms with E-state index in [-0.39, 0.29) is 23.7 Å². The molecule has 0 saturated carbocycles. The summed E-state index contributed by atoms with van der Waals surface area (Å²) in [4.78, 5) is 27.5. The van der Waals surface area contributed by atoms with Crippen LogP contribution in [0, 0.1) is 11.7 Å². The van der Waals surface area contributed by atoms with Crippen LogP contribution in [0.5, 0.6) is 0 Å². The van der Waals surface area contributed by atoms with E-state index in [0.29, 0.717) is 19.6 Å². The van der Waals surface area contributed by atoms with E-state index in [9.17, 15) is 14.0 Å². The molecule has 26 heavy (non-hydrogen) atoms. The summed E-state index contributed by atoms with van der Waals surface area (Å²) in [6.07, 6.45) is 2.37. The number of urea groups is 1. The number of rotatable bonds is 7. The molecule has 7 heteroatoms. The van der Waals surface area contributed by atoms with Crippen molar-refractivity contribution in [3.63, 3.8) is 0 Å². The number of nitrogens with zero attached hydrogens (tertiary/aromatic N) is 2. The number of hydrogen-bond acceptors (Lipinski definition) is 3. The second-order valence-electron chi connectivity index (χ2n) is 6.76. The molecule has 1 aromatic rings. The van der Waals surface area contributed by atoms with E-state index in [2.05, 4.69) is 5.32 Å². The van der Waals surface area contributed by atoms with Crippen molar-refractivity contribution in [3.05, 3.63) is 35.6 Å². The molecule has 1 aromatic carbocycles. The standard InChI is InChI=1S/C19H28FN3O2S/c1-22(2)19(25)23-11-8-16(9-12-23)18(24)21-10-3-13-26-14-15-4-6-17(20)7-5-15/h4-7,16H,3,8-14H2,1-2H3,(H,21,24). The molecular formula is C19H28FN3O2S. The molecule has 2 rings (SSSR count). The maximum absolute atomic E-state index is 12.8. The molecule has 1 heterocycles. The monoisotopic (exact) mass is 381 g/mol. The van der Waals surface area contributed by atoms with Gasteiger partial charge in [-0.1, -0.05) is 12.1 Å². The van der Waals surface area contributed by atoms with Crippen LogP contribution in [0.15, 0.2) is 24.3 Å². The lowest BCUT2D eigenvalue weighted by Gasteiger charge is -2.33. The maximum atomic E-state index is 12.8. The molecule has 0 atom stereocenters. The topological polar surface area (TPSA) is 52.7 Å². The van der Waals surface area contributed by atoms with Gasteiger partial charge in [0.25, 0.3) is 0 Å². The van der Waals surface area contributed by atoms with E-state index in [1.165, 1.54) is 12.1 Å². The normalized spacial score (nSPS) is 15.0. The van der Waals surface area contributed by atoms with Crippen molar-refractivity contribution in [1.29, 1.82) is 0 Å². The number of carbonyl (C=O) groups excluding carboxylic acids is 2. The van der Waals surface area contributed by atoms with Gasteiger partial charge in [-0.15, -0.1) is 0 Å². The van der Waals surface area contributed by atoms with Crippen LogP contribution in [0.3, 0.4) is 0 Å². The summed E-state index contributed by atoms with van der Waals surface area (Å²) in [5, 5.41) is 3.01. The fraction of sp³-hybridized carbons (Fsp3) is 0.579. The Kier molecular flexibility index (Phi) is 8.22. The van der Waals surface area contributed by atoms with Gasteiger partial charge >= 0.3 is 6.03 Å². The predicted molar refractivity (Wildman–Crippen MR) is 104 cm³/mol. The highest BCUT2D eigenvalue weighted by atomic mass is 32.2. The number of hydrogen-bond donors (Lipinski definition) is 1. The smallest absolute Gasteiger partial charge is 0.319 e. The van der Waals surface area contributed by atoms with Crippen molar-refractivity contribution < 1.29 is 14.0 Å². The van der Waals surface area contributed by atoms with Crippen molar-refractivity contribution in [2.75, 3.05) is 39.5 Å². The first-order valence-electron chi connectivity index (χ1n) is 9.03. The highest BCUT2D eigenvalue weighted by Crippen LogP contribution is 2.18. The minimum atomic E-state index is -0.210. The van der Waals surface area contributed by atoms with E-state index in [0.717, 1.165) is 36.3 Å². The van der Waals surface area contributed by atoms with Gasteiger partial charge in [0, 0.05) is 45.4 Å². The Labute approximate surface area is 159 Å².